The molecule has 1 spiro atoms. The number of amides is 1. The van der Waals surface area contributed by atoms with E-state index >= 15 is 0 Å². The molecule has 3 aliphatic rings. The van der Waals surface area contributed by atoms with Crippen molar-refractivity contribution in [3.8, 4) is 0 Å². The Labute approximate surface area is 132 Å². The molecule has 0 radical (unpaired) electrons. The minimum atomic E-state index is -0.473. The Kier molecular flexibility index (Phi) is 2.54. The summed E-state index contributed by atoms with van der Waals surface area (Å²) in [4.78, 5) is 23.3. The number of anilines is 1. The van der Waals surface area contributed by atoms with Gasteiger partial charge in [0.15, 0.2) is 0 Å². The van der Waals surface area contributed by atoms with Crippen LogP contribution in [0.1, 0.15) is 24.1 Å². The van der Waals surface area contributed by atoms with Gasteiger partial charge in [0, 0.05) is 25.2 Å². The number of carbonyl (C=O) groups is 1. The van der Waals surface area contributed by atoms with Gasteiger partial charge in [0.2, 0.25) is 5.91 Å². The first-order chi connectivity index (χ1) is 11.2. The average Bonchev–Trinajstić information content (AvgIpc) is 3.13. The van der Waals surface area contributed by atoms with Gasteiger partial charge in [0.1, 0.15) is 12.1 Å². The second-order valence-corrected chi connectivity index (χ2v) is 6.89. The van der Waals surface area contributed by atoms with Crippen LogP contribution >= 0.6 is 0 Å². The minimum Gasteiger partial charge on any atom is -0.391 e. The largest absolute Gasteiger partial charge is 0.391 e. The first-order valence-electron chi connectivity index (χ1n) is 8.09. The molecule has 8 heteroatoms. The Morgan fingerprint density at radius 3 is 3.09 bits per heavy atom. The number of aryl methyl sites for hydroxylation is 1. The Balaban J connectivity index is 1.54. The van der Waals surface area contributed by atoms with Crippen LogP contribution < -0.4 is 10.2 Å². The predicted molar refractivity (Wildman–Crippen MR) is 81.1 cm³/mol. The van der Waals surface area contributed by atoms with Gasteiger partial charge in [-0.1, -0.05) is 0 Å². The van der Waals surface area contributed by atoms with Gasteiger partial charge in [-0.05, 0) is 25.7 Å². The first-order valence-corrected chi connectivity index (χ1v) is 8.09. The number of carbonyl (C=O) groups excluding carboxylic acids is 1. The smallest absolute Gasteiger partial charge is 0.254 e. The second-order valence-electron chi connectivity index (χ2n) is 6.89. The van der Waals surface area contributed by atoms with Crippen molar-refractivity contribution in [2.24, 2.45) is 5.41 Å². The number of nitrogens with zero attached hydrogens (tertiary/aromatic N) is 5. The fraction of sp³-hybridized carbons (Fsp3) is 0.600. The van der Waals surface area contributed by atoms with E-state index in [2.05, 4.69) is 25.3 Å². The lowest BCUT2D eigenvalue weighted by atomic mass is 9.72. The number of rotatable bonds is 1. The molecule has 5 rings (SSSR count). The molecule has 4 heterocycles. The van der Waals surface area contributed by atoms with Crippen molar-refractivity contribution >= 4 is 17.5 Å². The van der Waals surface area contributed by atoms with Crippen LogP contribution in [0.25, 0.3) is 5.78 Å². The van der Waals surface area contributed by atoms with Crippen LogP contribution in [-0.4, -0.2) is 56.3 Å². The average molecular weight is 314 g/mol. The normalized spacial score (nSPS) is 25.5. The summed E-state index contributed by atoms with van der Waals surface area (Å²) in [7, 11) is 0. The van der Waals surface area contributed by atoms with Crippen LogP contribution in [0, 0.1) is 5.41 Å². The van der Waals surface area contributed by atoms with Crippen LogP contribution in [0.3, 0.4) is 0 Å². The molecule has 8 nitrogen and oxygen atoms in total. The molecule has 2 aromatic rings. The zero-order valence-electron chi connectivity index (χ0n) is 12.7. The van der Waals surface area contributed by atoms with Gasteiger partial charge >= 0.3 is 0 Å². The highest BCUT2D eigenvalue weighted by Gasteiger charge is 2.53. The van der Waals surface area contributed by atoms with E-state index in [1.165, 1.54) is 11.9 Å². The topological polar surface area (TPSA) is 95.7 Å². The third kappa shape index (κ3) is 1.75. The number of piperidine rings is 1. The number of hydrogen-bond donors (Lipinski definition) is 2. The summed E-state index contributed by atoms with van der Waals surface area (Å²) in [5.41, 5.74) is 1.86. The van der Waals surface area contributed by atoms with Gasteiger partial charge in [-0.2, -0.15) is 14.6 Å². The third-order valence-electron chi connectivity index (χ3n) is 5.32. The Morgan fingerprint density at radius 2 is 2.22 bits per heavy atom. The van der Waals surface area contributed by atoms with E-state index in [4.69, 9.17) is 0 Å². The number of nitrogens with one attached hydrogen (secondary N) is 1. The first kappa shape index (κ1) is 13.2. The lowest BCUT2D eigenvalue weighted by Gasteiger charge is -2.52. The maximum Gasteiger partial charge on any atom is 0.254 e. The summed E-state index contributed by atoms with van der Waals surface area (Å²) in [5.74, 6) is 1.70. The summed E-state index contributed by atoms with van der Waals surface area (Å²) >= 11 is 0. The molecular weight excluding hydrogens is 296 g/mol. The van der Waals surface area contributed by atoms with Gasteiger partial charge < -0.3 is 15.3 Å². The number of hydrogen-bond acceptors (Lipinski definition) is 6. The second kappa shape index (κ2) is 4.41. The quantitative estimate of drug-likeness (QED) is 0.723. The highest BCUT2D eigenvalue weighted by atomic mass is 16.3. The lowest BCUT2D eigenvalue weighted by Crippen LogP contribution is -2.68. The molecule has 1 aliphatic carbocycles. The molecule has 2 saturated heterocycles. The van der Waals surface area contributed by atoms with E-state index in [1.807, 2.05) is 0 Å². The van der Waals surface area contributed by atoms with Crippen LogP contribution in [0.2, 0.25) is 0 Å². The fourth-order valence-electron chi connectivity index (χ4n) is 4.25. The molecule has 2 aromatic heterocycles. The predicted octanol–water partition coefficient (Wildman–Crippen LogP) is -0.700. The summed E-state index contributed by atoms with van der Waals surface area (Å²) in [6.07, 6.45) is 4.66. The maximum absolute atomic E-state index is 12.3. The van der Waals surface area contributed by atoms with Crippen molar-refractivity contribution in [3.05, 3.63) is 17.6 Å². The third-order valence-corrected chi connectivity index (χ3v) is 5.32. The van der Waals surface area contributed by atoms with Crippen molar-refractivity contribution in [2.75, 3.05) is 24.5 Å². The van der Waals surface area contributed by atoms with E-state index in [-0.39, 0.29) is 5.91 Å². The fourth-order valence-corrected chi connectivity index (χ4v) is 4.25. The number of aliphatic hydroxyl groups is 1. The molecular formula is C15H18N6O2. The molecule has 1 amide bonds. The monoisotopic (exact) mass is 314 g/mol. The molecule has 0 bridgehead atoms. The van der Waals surface area contributed by atoms with Crippen LogP contribution in [0.5, 0.6) is 0 Å². The molecule has 0 aromatic carbocycles. The highest BCUT2D eigenvalue weighted by Crippen LogP contribution is 2.42. The number of fused-ring (bicyclic) bond motifs is 2. The van der Waals surface area contributed by atoms with Gasteiger partial charge in [0.25, 0.3) is 5.78 Å². The molecule has 2 N–H and O–H groups in total. The van der Waals surface area contributed by atoms with Gasteiger partial charge in [-0.25, -0.2) is 4.98 Å². The Bertz CT molecular complexity index is 810. The van der Waals surface area contributed by atoms with Crippen molar-refractivity contribution in [1.29, 1.82) is 0 Å². The van der Waals surface area contributed by atoms with Crippen LogP contribution in [0.15, 0.2) is 6.33 Å². The van der Waals surface area contributed by atoms with E-state index in [0.29, 0.717) is 31.8 Å². The maximum atomic E-state index is 12.3. The molecule has 23 heavy (non-hydrogen) atoms. The van der Waals surface area contributed by atoms with Crippen LogP contribution in [-0.2, 0) is 17.6 Å². The van der Waals surface area contributed by atoms with E-state index < -0.39 is 11.5 Å². The number of β-amino-alcohol motifs (C(OH)–C–C–N with tert-alkyl or cyclic N) is 1. The van der Waals surface area contributed by atoms with Crippen molar-refractivity contribution in [2.45, 2.75) is 31.8 Å². The van der Waals surface area contributed by atoms with Gasteiger partial charge in [-0.3, -0.25) is 4.79 Å². The van der Waals surface area contributed by atoms with Crippen LogP contribution in [0.4, 0.5) is 5.82 Å². The highest BCUT2D eigenvalue weighted by molar-refractivity contribution is 5.87. The van der Waals surface area contributed by atoms with Crippen molar-refractivity contribution in [3.63, 3.8) is 0 Å². The zero-order valence-corrected chi connectivity index (χ0v) is 12.7. The Morgan fingerprint density at radius 1 is 1.35 bits per heavy atom. The number of aliphatic hydroxyl groups excluding tert-OH is 1. The van der Waals surface area contributed by atoms with E-state index in [1.54, 1.807) is 4.52 Å². The molecule has 120 valence electrons. The zero-order chi connectivity index (χ0) is 15.6. The summed E-state index contributed by atoms with van der Waals surface area (Å²) in [5, 5.41) is 17.0. The molecule has 0 saturated carbocycles. The molecule has 2 fully saturated rings. The van der Waals surface area contributed by atoms with Gasteiger partial charge in [0.05, 0.1) is 17.2 Å². The summed E-state index contributed by atoms with van der Waals surface area (Å²) in [6, 6.07) is 0. The number of aromatic nitrogens is 4. The van der Waals surface area contributed by atoms with Crippen molar-refractivity contribution < 1.29 is 9.90 Å². The van der Waals surface area contributed by atoms with Gasteiger partial charge in [-0.15, -0.1) is 0 Å². The molecule has 2 aliphatic heterocycles. The minimum absolute atomic E-state index is 0.0552. The molecule has 1 atom stereocenters. The van der Waals surface area contributed by atoms with Crippen molar-refractivity contribution in [1.82, 2.24) is 24.9 Å². The van der Waals surface area contributed by atoms with E-state index in [0.717, 1.165) is 30.8 Å². The van der Waals surface area contributed by atoms with E-state index in [9.17, 15) is 9.90 Å². The standard InChI is InChI=1S/C15H18N6O2/c22-9-4-15(13(23)16-5-9)6-20(7-15)12-10-2-1-3-11(10)19-14-17-8-18-21(12)14/h8-9,22H,1-7H2,(H,16,23). The lowest BCUT2D eigenvalue weighted by molar-refractivity contribution is -0.139. The SMILES string of the molecule is O=C1NCC(O)CC12CN(c1c3c(nc4ncnn14)CCC3)C2. The Hall–Kier alpha value is -2.22. The summed E-state index contributed by atoms with van der Waals surface area (Å²) in [6.45, 7) is 1.58. The molecule has 1 unspecified atom stereocenters. The summed E-state index contributed by atoms with van der Waals surface area (Å²) < 4.78 is 1.79.